The molecule has 0 saturated heterocycles. The number of rotatable bonds is 7. The van der Waals surface area contributed by atoms with Gasteiger partial charge in [-0.1, -0.05) is 32.6 Å². The van der Waals surface area contributed by atoms with E-state index in [2.05, 4.69) is 26.9 Å². The van der Waals surface area contributed by atoms with Gasteiger partial charge < -0.3 is 0 Å². The van der Waals surface area contributed by atoms with Gasteiger partial charge in [-0.25, -0.2) is 4.57 Å². The zero-order chi connectivity index (χ0) is 9.45. The van der Waals surface area contributed by atoms with Crippen LogP contribution in [0.25, 0.3) is 0 Å². The molecule has 74 valence electrons. The highest BCUT2D eigenvalue weighted by molar-refractivity contribution is 9.39. The van der Waals surface area contributed by atoms with Gasteiger partial charge in [-0.15, -0.1) is 4.20 Å². The maximum atomic E-state index is 12.2. The SMILES string of the molecule is CCCCCCCOP(=O)(F)Br. The summed E-state index contributed by atoms with van der Waals surface area (Å²) in [5.74, 6) is 0. The third kappa shape index (κ3) is 10.6. The standard InChI is InChI=1S/C7H15BrFO2P/c1-2-3-4-5-6-7-11-12(8,9)10/h2-7H2,1H3. The van der Waals surface area contributed by atoms with E-state index in [1.807, 2.05) is 0 Å². The van der Waals surface area contributed by atoms with Crippen molar-refractivity contribution in [3.05, 3.63) is 0 Å². The topological polar surface area (TPSA) is 26.3 Å². The van der Waals surface area contributed by atoms with Crippen molar-refractivity contribution in [3.63, 3.8) is 0 Å². The molecule has 2 nitrogen and oxygen atoms in total. The lowest BCUT2D eigenvalue weighted by molar-refractivity contribution is 0.292. The van der Waals surface area contributed by atoms with E-state index in [9.17, 15) is 8.76 Å². The van der Waals surface area contributed by atoms with Crippen LogP contribution in [0.2, 0.25) is 0 Å². The van der Waals surface area contributed by atoms with Crippen molar-refractivity contribution in [3.8, 4) is 0 Å². The first kappa shape index (κ1) is 12.6. The number of halogens is 2. The van der Waals surface area contributed by atoms with Crippen LogP contribution in [0.5, 0.6) is 0 Å². The van der Waals surface area contributed by atoms with E-state index in [0.29, 0.717) is 0 Å². The van der Waals surface area contributed by atoms with Crippen LogP contribution < -0.4 is 0 Å². The Labute approximate surface area is 81.2 Å². The molecule has 0 radical (unpaired) electrons. The fraction of sp³-hybridized carbons (Fsp3) is 1.00. The number of hydrogen-bond donors (Lipinski definition) is 0. The summed E-state index contributed by atoms with van der Waals surface area (Å²) in [6.07, 6.45) is 1.40. The Balaban J connectivity index is 3.06. The average Bonchev–Trinajstić information content (AvgIpc) is 1.94. The molecule has 1 atom stereocenters. The molecule has 0 bridgehead atoms. The van der Waals surface area contributed by atoms with Crippen molar-refractivity contribution in [2.45, 2.75) is 39.0 Å². The lowest BCUT2D eigenvalue weighted by Crippen LogP contribution is -1.87. The first-order chi connectivity index (χ1) is 5.56. The van der Waals surface area contributed by atoms with Crippen molar-refractivity contribution in [1.82, 2.24) is 0 Å². The molecule has 0 aromatic heterocycles. The summed E-state index contributed by atoms with van der Waals surface area (Å²) in [7, 11) is 0. The first-order valence-corrected chi connectivity index (χ1v) is 7.73. The van der Waals surface area contributed by atoms with Gasteiger partial charge in [0.05, 0.1) is 22.1 Å². The van der Waals surface area contributed by atoms with Gasteiger partial charge in [-0.3, -0.25) is 4.52 Å². The van der Waals surface area contributed by atoms with Gasteiger partial charge in [0.1, 0.15) is 0 Å². The number of unbranched alkanes of at least 4 members (excludes halogenated alkanes) is 4. The van der Waals surface area contributed by atoms with Crippen LogP contribution in [-0.4, -0.2) is 6.61 Å². The first-order valence-electron chi connectivity index (χ1n) is 4.20. The van der Waals surface area contributed by atoms with E-state index in [1.165, 1.54) is 12.8 Å². The fourth-order valence-electron chi connectivity index (χ4n) is 0.876. The molecule has 0 saturated carbocycles. The third-order valence-electron chi connectivity index (χ3n) is 1.49. The lowest BCUT2D eigenvalue weighted by atomic mass is 10.2. The van der Waals surface area contributed by atoms with E-state index in [4.69, 9.17) is 0 Å². The Morgan fingerprint density at radius 3 is 2.42 bits per heavy atom. The Kier molecular flexibility index (Phi) is 7.40. The Hall–Kier alpha value is 0.600. The van der Waals surface area contributed by atoms with Gasteiger partial charge >= 0.3 is 6.38 Å². The molecule has 0 rings (SSSR count). The van der Waals surface area contributed by atoms with Crippen molar-refractivity contribution in [2.24, 2.45) is 0 Å². The predicted octanol–water partition coefficient (Wildman–Crippen LogP) is 4.45. The van der Waals surface area contributed by atoms with Gasteiger partial charge in [-0.2, -0.15) is 0 Å². The van der Waals surface area contributed by atoms with Crippen LogP contribution in [0.4, 0.5) is 4.20 Å². The maximum Gasteiger partial charge on any atom is 0.432 e. The molecule has 5 heteroatoms. The molecule has 0 aliphatic carbocycles. The molecule has 12 heavy (non-hydrogen) atoms. The molecule has 0 aromatic carbocycles. The second-order valence-electron chi connectivity index (χ2n) is 2.66. The second-order valence-corrected chi connectivity index (χ2v) is 6.29. The second kappa shape index (κ2) is 7.05. The fourth-order valence-corrected chi connectivity index (χ4v) is 1.65. The Bertz CT molecular complexity index is 148. The molecule has 0 spiro atoms. The van der Waals surface area contributed by atoms with Crippen molar-refractivity contribution in [2.75, 3.05) is 6.61 Å². The average molecular weight is 261 g/mol. The van der Waals surface area contributed by atoms with Crippen molar-refractivity contribution in [1.29, 1.82) is 0 Å². The molecule has 1 unspecified atom stereocenters. The molecule has 0 fully saturated rings. The third-order valence-corrected chi connectivity index (χ3v) is 2.59. The van der Waals surface area contributed by atoms with Crippen molar-refractivity contribution < 1.29 is 13.3 Å². The summed E-state index contributed by atoms with van der Waals surface area (Å²) in [6, 6.07) is 0. The molecule has 0 aliphatic heterocycles. The summed E-state index contributed by atoms with van der Waals surface area (Å²) < 4.78 is 27.0. The van der Waals surface area contributed by atoms with E-state index < -0.39 is 6.38 Å². The lowest BCUT2D eigenvalue weighted by Gasteiger charge is -2.02. The quantitative estimate of drug-likeness (QED) is 0.500. The maximum absolute atomic E-state index is 12.2. The monoisotopic (exact) mass is 260 g/mol. The van der Waals surface area contributed by atoms with Crippen LogP contribution >= 0.6 is 21.9 Å². The molecular weight excluding hydrogens is 246 g/mol. The summed E-state index contributed by atoms with van der Waals surface area (Å²) in [4.78, 5) is 0. The Morgan fingerprint density at radius 1 is 1.33 bits per heavy atom. The van der Waals surface area contributed by atoms with Crippen LogP contribution in [-0.2, 0) is 9.09 Å². The van der Waals surface area contributed by atoms with Crippen LogP contribution in [0.3, 0.4) is 0 Å². The molecule has 0 N–H and O–H groups in total. The molecule has 0 heterocycles. The van der Waals surface area contributed by atoms with E-state index >= 15 is 0 Å². The highest BCUT2D eigenvalue weighted by Gasteiger charge is 2.14. The minimum atomic E-state index is -3.91. The van der Waals surface area contributed by atoms with Gasteiger partial charge in [0.25, 0.3) is 0 Å². The highest BCUT2D eigenvalue weighted by Crippen LogP contribution is 2.56. The molecular formula is C7H15BrFO2P. The zero-order valence-electron chi connectivity index (χ0n) is 7.26. The molecule has 0 aliphatic rings. The van der Waals surface area contributed by atoms with Gasteiger partial charge in [0.15, 0.2) is 0 Å². The van der Waals surface area contributed by atoms with Crippen LogP contribution in [0, 0.1) is 0 Å². The van der Waals surface area contributed by atoms with Crippen LogP contribution in [0.1, 0.15) is 39.0 Å². The van der Waals surface area contributed by atoms with Crippen LogP contribution in [0.15, 0.2) is 0 Å². The predicted molar refractivity (Wildman–Crippen MR) is 52.4 cm³/mol. The van der Waals surface area contributed by atoms with Crippen molar-refractivity contribution >= 4 is 21.9 Å². The van der Waals surface area contributed by atoms with Gasteiger partial charge in [0, 0.05) is 0 Å². The summed E-state index contributed by atoms with van der Waals surface area (Å²) >= 11 is 2.33. The van der Waals surface area contributed by atoms with E-state index in [1.54, 1.807) is 0 Å². The van der Waals surface area contributed by atoms with E-state index in [0.717, 1.165) is 19.3 Å². The zero-order valence-corrected chi connectivity index (χ0v) is 9.74. The number of hydrogen-bond acceptors (Lipinski definition) is 2. The summed E-state index contributed by atoms with van der Waals surface area (Å²) in [5.41, 5.74) is 0. The Morgan fingerprint density at radius 2 is 1.92 bits per heavy atom. The summed E-state index contributed by atoms with van der Waals surface area (Å²) in [5, 5.41) is 0. The smallest absolute Gasteiger partial charge is 0.297 e. The highest BCUT2D eigenvalue weighted by atomic mass is 79.9. The van der Waals surface area contributed by atoms with Gasteiger partial charge in [0.2, 0.25) is 0 Å². The normalized spacial score (nSPS) is 15.9. The minimum Gasteiger partial charge on any atom is -0.297 e. The largest absolute Gasteiger partial charge is 0.432 e. The summed E-state index contributed by atoms with van der Waals surface area (Å²) in [6.45, 7) is 2.37. The van der Waals surface area contributed by atoms with E-state index in [-0.39, 0.29) is 6.61 Å². The molecule has 0 aromatic rings. The van der Waals surface area contributed by atoms with Gasteiger partial charge in [-0.05, 0) is 6.42 Å². The molecule has 0 amide bonds. The minimum absolute atomic E-state index is 0.239.